The predicted octanol–water partition coefficient (Wildman–Crippen LogP) is 3.04. The molecule has 0 aliphatic carbocycles. The molecule has 0 saturated carbocycles. The second kappa shape index (κ2) is 8.19. The fraction of sp³-hybridized carbons (Fsp3) is 0.278. The minimum absolute atomic E-state index is 0.182. The number of nitrogens with one attached hydrogen (secondary N) is 1. The largest absolute Gasteiger partial charge is 0.497 e. The number of aliphatic hydroxyl groups is 1. The van der Waals surface area contributed by atoms with E-state index in [4.69, 9.17) is 9.47 Å². The van der Waals surface area contributed by atoms with Crippen molar-refractivity contribution < 1.29 is 19.4 Å². The third kappa shape index (κ3) is 5.00. The van der Waals surface area contributed by atoms with Gasteiger partial charge in [0.2, 0.25) is 0 Å². The molecule has 5 heteroatoms. The summed E-state index contributed by atoms with van der Waals surface area (Å²) in [7, 11) is 1.58. The van der Waals surface area contributed by atoms with Crippen LogP contribution in [0.5, 0.6) is 5.75 Å². The van der Waals surface area contributed by atoms with Crippen LogP contribution in [0.4, 0.5) is 4.79 Å². The van der Waals surface area contributed by atoms with Crippen LogP contribution in [0, 0.1) is 0 Å². The third-order valence-electron chi connectivity index (χ3n) is 3.44. The average Bonchev–Trinajstić information content (AvgIpc) is 2.58. The van der Waals surface area contributed by atoms with Gasteiger partial charge in [-0.3, -0.25) is 0 Å². The number of hydrogen-bond donors (Lipinski definition) is 2. The lowest BCUT2D eigenvalue weighted by atomic mass is 10.0. The average molecular weight is 315 g/mol. The third-order valence-corrected chi connectivity index (χ3v) is 3.44. The Bertz CT molecular complexity index is 611. The number of hydrogen-bond acceptors (Lipinski definition) is 4. The molecule has 0 aromatic heterocycles. The highest BCUT2D eigenvalue weighted by molar-refractivity contribution is 5.68. The second-order valence-electron chi connectivity index (χ2n) is 5.20. The summed E-state index contributed by atoms with van der Waals surface area (Å²) in [6.07, 6.45) is -1.33. The highest BCUT2D eigenvalue weighted by Gasteiger charge is 2.20. The first-order valence-electron chi connectivity index (χ1n) is 7.39. The summed E-state index contributed by atoms with van der Waals surface area (Å²) in [5.74, 6) is 0.713. The molecule has 2 aromatic carbocycles. The lowest BCUT2D eigenvalue weighted by molar-refractivity contribution is 0.109. The normalized spacial score (nSPS) is 13.0. The molecule has 0 radical (unpaired) electrons. The summed E-state index contributed by atoms with van der Waals surface area (Å²) in [5.41, 5.74) is 1.68. The van der Waals surface area contributed by atoms with Crippen LogP contribution in [-0.4, -0.2) is 24.4 Å². The van der Waals surface area contributed by atoms with E-state index in [-0.39, 0.29) is 6.61 Å². The first-order chi connectivity index (χ1) is 11.1. The highest BCUT2D eigenvalue weighted by atomic mass is 16.5. The van der Waals surface area contributed by atoms with Gasteiger partial charge >= 0.3 is 6.09 Å². The zero-order valence-corrected chi connectivity index (χ0v) is 13.2. The van der Waals surface area contributed by atoms with Crippen LogP contribution in [-0.2, 0) is 11.3 Å². The summed E-state index contributed by atoms with van der Waals surface area (Å²) in [6, 6.07) is 16.0. The Balaban J connectivity index is 1.96. The molecule has 2 unspecified atom stereocenters. The molecule has 2 atom stereocenters. The van der Waals surface area contributed by atoms with Crippen molar-refractivity contribution in [1.29, 1.82) is 0 Å². The smallest absolute Gasteiger partial charge is 0.408 e. The Morgan fingerprint density at radius 2 is 1.78 bits per heavy atom. The second-order valence-corrected chi connectivity index (χ2v) is 5.20. The molecule has 0 heterocycles. The Morgan fingerprint density at radius 3 is 2.35 bits per heavy atom. The first kappa shape index (κ1) is 16.8. The lowest BCUT2D eigenvalue weighted by Gasteiger charge is -2.22. The van der Waals surface area contributed by atoms with Gasteiger partial charge < -0.3 is 19.9 Å². The monoisotopic (exact) mass is 315 g/mol. The molecule has 122 valence electrons. The standard InChI is InChI=1S/C18H21NO4/c1-13(20)17(15-8-10-16(22-2)11-9-15)19-18(21)23-12-14-6-4-3-5-7-14/h3-11,13,17,20H,12H2,1-2H3,(H,19,21). The summed E-state index contributed by atoms with van der Waals surface area (Å²) < 4.78 is 10.3. The van der Waals surface area contributed by atoms with Crippen molar-refractivity contribution in [1.82, 2.24) is 5.32 Å². The highest BCUT2D eigenvalue weighted by Crippen LogP contribution is 2.20. The van der Waals surface area contributed by atoms with Gasteiger partial charge in [0.05, 0.1) is 19.3 Å². The van der Waals surface area contributed by atoms with Crippen LogP contribution in [0.25, 0.3) is 0 Å². The SMILES string of the molecule is COc1ccc(C(NC(=O)OCc2ccccc2)C(C)O)cc1. The van der Waals surface area contributed by atoms with Gasteiger partial charge in [0, 0.05) is 0 Å². The van der Waals surface area contributed by atoms with Crippen LogP contribution in [0.2, 0.25) is 0 Å². The van der Waals surface area contributed by atoms with Gasteiger partial charge in [0.15, 0.2) is 0 Å². The van der Waals surface area contributed by atoms with Gasteiger partial charge in [-0.1, -0.05) is 42.5 Å². The molecular weight excluding hydrogens is 294 g/mol. The number of benzene rings is 2. The van der Waals surface area contributed by atoms with E-state index in [2.05, 4.69) is 5.32 Å². The van der Waals surface area contributed by atoms with Gasteiger partial charge in [0.25, 0.3) is 0 Å². The maximum absolute atomic E-state index is 12.0. The van der Waals surface area contributed by atoms with E-state index in [1.807, 2.05) is 30.3 Å². The molecule has 0 saturated heterocycles. The van der Waals surface area contributed by atoms with Crippen molar-refractivity contribution >= 4 is 6.09 Å². The minimum atomic E-state index is -0.757. The Hall–Kier alpha value is -2.53. The van der Waals surface area contributed by atoms with Crippen LogP contribution < -0.4 is 10.1 Å². The summed E-state index contributed by atoms with van der Waals surface area (Å²) in [6.45, 7) is 1.80. The summed E-state index contributed by atoms with van der Waals surface area (Å²) in [5, 5.41) is 12.6. The molecule has 2 N–H and O–H groups in total. The molecular formula is C18H21NO4. The number of carbonyl (C=O) groups excluding carboxylic acids is 1. The predicted molar refractivity (Wildman–Crippen MR) is 87.2 cm³/mol. The number of ether oxygens (including phenoxy) is 2. The number of rotatable bonds is 6. The molecule has 0 spiro atoms. The summed E-state index contributed by atoms with van der Waals surface area (Å²) in [4.78, 5) is 12.0. The van der Waals surface area contributed by atoms with Crippen molar-refractivity contribution in [2.75, 3.05) is 7.11 Å². The Morgan fingerprint density at radius 1 is 1.13 bits per heavy atom. The molecule has 0 bridgehead atoms. The molecule has 0 aliphatic rings. The molecule has 2 aromatic rings. The van der Waals surface area contributed by atoms with Gasteiger partial charge in [-0.25, -0.2) is 4.79 Å². The van der Waals surface area contributed by atoms with Crippen LogP contribution in [0.15, 0.2) is 54.6 Å². The lowest BCUT2D eigenvalue weighted by Crippen LogP contribution is -2.35. The molecule has 0 aliphatic heterocycles. The Labute approximate surface area is 135 Å². The van der Waals surface area contributed by atoms with E-state index >= 15 is 0 Å². The number of carbonyl (C=O) groups is 1. The van der Waals surface area contributed by atoms with Gasteiger partial charge in [-0.15, -0.1) is 0 Å². The van der Waals surface area contributed by atoms with Crippen LogP contribution in [0.3, 0.4) is 0 Å². The van der Waals surface area contributed by atoms with E-state index in [0.717, 1.165) is 11.1 Å². The molecule has 5 nitrogen and oxygen atoms in total. The van der Waals surface area contributed by atoms with Gasteiger partial charge in [-0.2, -0.15) is 0 Å². The minimum Gasteiger partial charge on any atom is -0.497 e. The number of aliphatic hydroxyl groups excluding tert-OH is 1. The fourth-order valence-electron chi connectivity index (χ4n) is 2.19. The Kier molecular flexibility index (Phi) is 6.00. The number of alkyl carbamates (subject to hydrolysis) is 1. The zero-order valence-electron chi connectivity index (χ0n) is 13.2. The van der Waals surface area contributed by atoms with Crippen molar-refractivity contribution in [2.24, 2.45) is 0 Å². The van der Waals surface area contributed by atoms with Gasteiger partial charge in [-0.05, 0) is 30.2 Å². The number of amides is 1. The van der Waals surface area contributed by atoms with E-state index in [1.54, 1.807) is 38.3 Å². The maximum atomic E-state index is 12.0. The molecule has 0 fully saturated rings. The van der Waals surface area contributed by atoms with E-state index < -0.39 is 18.2 Å². The van der Waals surface area contributed by atoms with E-state index in [1.165, 1.54) is 0 Å². The fourth-order valence-corrected chi connectivity index (χ4v) is 2.19. The molecule has 23 heavy (non-hydrogen) atoms. The van der Waals surface area contributed by atoms with Crippen LogP contribution in [0.1, 0.15) is 24.1 Å². The quantitative estimate of drug-likeness (QED) is 0.860. The van der Waals surface area contributed by atoms with Gasteiger partial charge in [0.1, 0.15) is 12.4 Å². The maximum Gasteiger partial charge on any atom is 0.408 e. The van der Waals surface area contributed by atoms with Crippen molar-refractivity contribution in [3.63, 3.8) is 0 Å². The molecule has 1 amide bonds. The number of methoxy groups -OCH3 is 1. The topological polar surface area (TPSA) is 67.8 Å². The van der Waals surface area contributed by atoms with Crippen molar-refractivity contribution in [3.8, 4) is 5.75 Å². The first-order valence-corrected chi connectivity index (χ1v) is 7.39. The zero-order chi connectivity index (χ0) is 16.7. The summed E-state index contributed by atoms with van der Waals surface area (Å²) >= 11 is 0. The van der Waals surface area contributed by atoms with E-state index in [0.29, 0.717) is 5.75 Å². The molecule has 2 rings (SSSR count). The van der Waals surface area contributed by atoms with Crippen molar-refractivity contribution in [3.05, 3.63) is 65.7 Å². The van der Waals surface area contributed by atoms with E-state index in [9.17, 15) is 9.90 Å². The van der Waals surface area contributed by atoms with Crippen LogP contribution >= 0.6 is 0 Å². The van der Waals surface area contributed by atoms with Crippen molar-refractivity contribution in [2.45, 2.75) is 25.7 Å².